The van der Waals surface area contributed by atoms with Gasteiger partial charge in [0, 0.05) is 23.1 Å². The molecule has 2 aliphatic rings. The van der Waals surface area contributed by atoms with Gasteiger partial charge in [-0.05, 0) is 83.9 Å². The van der Waals surface area contributed by atoms with Crippen LogP contribution in [0.4, 0.5) is 8.78 Å². The molecule has 8 nitrogen and oxygen atoms in total. The Labute approximate surface area is 244 Å². The predicted molar refractivity (Wildman–Crippen MR) is 150 cm³/mol. The summed E-state index contributed by atoms with van der Waals surface area (Å²) in [6.07, 6.45) is -1.45. The number of carbonyl (C=O) groups is 1. The van der Waals surface area contributed by atoms with Crippen LogP contribution in [0.15, 0.2) is 41.3 Å². The van der Waals surface area contributed by atoms with Crippen LogP contribution < -0.4 is 10.1 Å². The molecular weight excluding hydrogens is 600 g/mol. The van der Waals surface area contributed by atoms with Crippen LogP contribution in [0.25, 0.3) is 0 Å². The molecule has 0 radical (unpaired) electrons. The second kappa shape index (κ2) is 10.8. The van der Waals surface area contributed by atoms with Gasteiger partial charge in [-0.2, -0.15) is 0 Å². The second-order valence-corrected chi connectivity index (χ2v) is 17.3. The number of nitrogens with one attached hydrogen (secondary N) is 1. The van der Waals surface area contributed by atoms with Crippen molar-refractivity contribution < 1.29 is 39.9 Å². The molecule has 1 saturated heterocycles. The molecule has 0 bridgehead atoms. The summed E-state index contributed by atoms with van der Waals surface area (Å²) >= 11 is 5.98. The summed E-state index contributed by atoms with van der Waals surface area (Å²) in [6.45, 7) is 7.26. The van der Waals surface area contributed by atoms with Gasteiger partial charge < -0.3 is 14.8 Å². The minimum Gasteiger partial charge on any atom is -0.490 e. The number of benzene rings is 2. The molecular formula is C28H34ClF2NO7S2. The molecule has 4 rings (SSSR count). The van der Waals surface area contributed by atoms with Crippen molar-refractivity contribution in [1.29, 1.82) is 0 Å². The van der Waals surface area contributed by atoms with E-state index in [0.29, 0.717) is 0 Å². The van der Waals surface area contributed by atoms with Crippen molar-refractivity contribution in [2.75, 3.05) is 19.0 Å². The third-order valence-corrected chi connectivity index (χ3v) is 13.2. The maximum atomic E-state index is 15.5. The molecule has 2 aliphatic heterocycles. The second-order valence-electron chi connectivity index (χ2n) is 12.0. The van der Waals surface area contributed by atoms with Crippen LogP contribution in [0.5, 0.6) is 5.75 Å². The van der Waals surface area contributed by atoms with Crippen molar-refractivity contribution in [3.8, 4) is 5.75 Å². The van der Waals surface area contributed by atoms with Gasteiger partial charge in [0.25, 0.3) is 0 Å². The fraction of sp³-hybridized carbons (Fsp3) is 0.536. The van der Waals surface area contributed by atoms with Crippen LogP contribution in [-0.2, 0) is 34.0 Å². The molecule has 0 aliphatic carbocycles. The lowest BCUT2D eigenvalue weighted by Gasteiger charge is -2.50. The lowest BCUT2D eigenvalue weighted by atomic mass is 9.75. The van der Waals surface area contributed by atoms with E-state index in [1.165, 1.54) is 38.1 Å². The average Bonchev–Trinajstić information content (AvgIpc) is 2.88. The number of ether oxygens (including phenoxy) is 2. The van der Waals surface area contributed by atoms with Gasteiger partial charge in [0.2, 0.25) is 5.91 Å². The Kier molecular flexibility index (Phi) is 8.31. The van der Waals surface area contributed by atoms with E-state index in [1.807, 2.05) is 0 Å². The third kappa shape index (κ3) is 5.48. The summed E-state index contributed by atoms with van der Waals surface area (Å²) < 4.78 is 93.8. The zero-order valence-electron chi connectivity index (χ0n) is 23.5. The molecule has 226 valence electrons. The largest absolute Gasteiger partial charge is 0.490 e. The van der Waals surface area contributed by atoms with E-state index >= 15 is 4.39 Å². The lowest BCUT2D eigenvalue weighted by molar-refractivity contribution is -0.124. The molecule has 0 saturated carbocycles. The molecule has 3 atom stereocenters. The van der Waals surface area contributed by atoms with Crippen molar-refractivity contribution >= 4 is 37.2 Å². The SMILES string of the molecule is CC(C)(C)NC(=O)C(C)(C)S(=O)(=O)CC[C@@H]1OCC[C@@]2(S(=O)(=O)c3ccc(Cl)cc3)c3c(F)ccc(F)c3OC[C@@H]12. The Morgan fingerprint density at radius 3 is 2.24 bits per heavy atom. The lowest BCUT2D eigenvalue weighted by Crippen LogP contribution is -2.58. The van der Waals surface area contributed by atoms with Gasteiger partial charge in [-0.3, -0.25) is 4.79 Å². The normalized spacial score (nSPS) is 23.2. The minimum atomic E-state index is -4.44. The molecule has 41 heavy (non-hydrogen) atoms. The molecule has 0 spiro atoms. The molecule has 1 fully saturated rings. The molecule has 1 amide bonds. The van der Waals surface area contributed by atoms with Crippen molar-refractivity contribution in [3.05, 3.63) is 58.6 Å². The van der Waals surface area contributed by atoms with Crippen molar-refractivity contribution in [2.45, 2.75) is 73.5 Å². The van der Waals surface area contributed by atoms with Crippen molar-refractivity contribution in [1.82, 2.24) is 5.32 Å². The predicted octanol–water partition coefficient (Wildman–Crippen LogP) is 4.58. The van der Waals surface area contributed by atoms with Crippen LogP contribution in [0, 0.1) is 17.6 Å². The van der Waals surface area contributed by atoms with Gasteiger partial charge in [0.05, 0.1) is 28.9 Å². The Balaban J connectivity index is 1.77. The van der Waals surface area contributed by atoms with Gasteiger partial charge in [0.15, 0.2) is 31.2 Å². The van der Waals surface area contributed by atoms with Crippen LogP contribution in [-0.4, -0.2) is 58.1 Å². The van der Waals surface area contributed by atoms with Crippen molar-refractivity contribution in [3.63, 3.8) is 0 Å². The Hall–Kier alpha value is -2.28. The summed E-state index contributed by atoms with van der Waals surface area (Å²) in [5, 5.41) is 2.97. The number of rotatable bonds is 7. The van der Waals surface area contributed by atoms with Gasteiger partial charge in [0.1, 0.15) is 15.3 Å². The highest BCUT2D eigenvalue weighted by molar-refractivity contribution is 7.93. The number of halogens is 3. The Morgan fingerprint density at radius 1 is 1.02 bits per heavy atom. The van der Waals surface area contributed by atoms with Crippen LogP contribution in [0.1, 0.15) is 53.0 Å². The maximum absolute atomic E-state index is 15.5. The fourth-order valence-electron chi connectivity index (χ4n) is 5.49. The highest BCUT2D eigenvalue weighted by Crippen LogP contribution is 2.56. The molecule has 0 aromatic heterocycles. The Bertz CT molecular complexity index is 1550. The summed E-state index contributed by atoms with van der Waals surface area (Å²) in [6, 6.07) is 7.07. The fourth-order valence-corrected chi connectivity index (χ4v) is 9.35. The molecule has 2 heterocycles. The van der Waals surface area contributed by atoms with E-state index in [4.69, 9.17) is 21.1 Å². The number of carbonyl (C=O) groups excluding carboxylic acids is 1. The van der Waals surface area contributed by atoms with Gasteiger partial charge >= 0.3 is 0 Å². The quantitative estimate of drug-likeness (QED) is 0.474. The number of fused-ring (bicyclic) bond motifs is 3. The van der Waals surface area contributed by atoms with Crippen LogP contribution in [0.2, 0.25) is 5.02 Å². The highest BCUT2D eigenvalue weighted by Gasteiger charge is 2.61. The van der Waals surface area contributed by atoms with E-state index < -0.39 is 81.3 Å². The zero-order chi connectivity index (χ0) is 30.6. The smallest absolute Gasteiger partial charge is 0.241 e. The first-order valence-corrected chi connectivity index (χ1v) is 16.6. The number of hydrogen-bond acceptors (Lipinski definition) is 7. The number of amides is 1. The monoisotopic (exact) mass is 633 g/mol. The molecule has 0 unspecified atom stereocenters. The van der Waals surface area contributed by atoms with E-state index in [-0.39, 0.29) is 36.0 Å². The van der Waals surface area contributed by atoms with Crippen LogP contribution >= 0.6 is 11.6 Å². The van der Waals surface area contributed by atoms with Gasteiger partial charge in [-0.1, -0.05) is 11.6 Å². The van der Waals surface area contributed by atoms with E-state index in [1.54, 1.807) is 20.8 Å². The molecule has 1 N–H and O–H groups in total. The van der Waals surface area contributed by atoms with E-state index in [9.17, 15) is 26.0 Å². The third-order valence-electron chi connectivity index (χ3n) is 7.83. The van der Waals surface area contributed by atoms with E-state index in [0.717, 1.165) is 12.1 Å². The minimum absolute atomic E-state index is 0.156. The highest BCUT2D eigenvalue weighted by atomic mass is 35.5. The average molecular weight is 634 g/mol. The van der Waals surface area contributed by atoms with Crippen LogP contribution in [0.3, 0.4) is 0 Å². The first-order chi connectivity index (χ1) is 18.8. The summed E-state index contributed by atoms with van der Waals surface area (Å²) in [7, 11) is -8.53. The first-order valence-electron chi connectivity index (χ1n) is 13.1. The van der Waals surface area contributed by atoms with Gasteiger partial charge in [-0.15, -0.1) is 0 Å². The first kappa shape index (κ1) is 31.7. The standard InChI is InChI=1S/C28H34ClF2NO7S2/c1-26(2,3)32-25(33)27(4,5)40(34,35)15-12-22-19-16-39-24-21(31)11-10-20(30)23(24)28(19,13-14-38-22)41(36,37)18-8-6-17(29)7-9-18/h6-11,19,22H,12-16H2,1-5H3,(H,32,33)/t19-,22-,28-/m0/s1. The zero-order valence-corrected chi connectivity index (χ0v) is 25.9. The molecule has 13 heteroatoms. The van der Waals surface area contributed by atoms with E-state index in [2.05, 4.69) is 5.32 Å². The number of hydrogen-bond donors (Lipinski definition) is 1. The topological polar surface area (TPSA) is 116 Å². The summed E-state index contributed by atoms with van der Waals surface area (Å²) in [5.74, 6) is -4.66. The molecule has 2 aromatic carbocycles. The van der Waals surface area contributed by atoms with Gasteiger partial charge in [-0.25, -0.2) is 25.6 Å². The maximum Gasteiger partial charge on any atom is 0.241 e. The number of sulfone groups is 2. The van der Waals surface area contributed by atoms with Crippen molar-refractivity contribution in [2.24, 2.45) is 5.92 Å². The molecule has 2 aromatic rings. The Morgan fingerprint density at radius 2 is 1.63 bits per heavy atom. The summed E-state index contributed by atoms with van der Waals surface area (Å²) in [4.78, 5) is 12.7. The summed E-state index contributed by atoms with van der Waals surface area (Å²) in [5.41, 5.74) is -1.11.